The number of hydrogen-bond acceptors (Lipinski definition) is 4. The third-order valence-corrected chi connectivity index (χ3v) is 3.44. The Kier molecular flexibility index (Phi) is 2.91. The molecule has 2 amide bonds. The first kappa shape index (κ1) is 12.0. The zero-order chi connectivity index (χ0) is 12.6. The summed E-state index contributed by atoms with van der Waals surface area (Å²) in [5.74, 6) is -0.223. The van der Waals surface area contributed by atoms with Crippen LogP contribution in [0.2, 0.25) is 0 Å². The van der Waals surface area contributed by atoms with Gasteiger partial charge in [-0.2, -0.15) is 5.10 Å². The van der Waals surface area contributed by atoms with Crippen LogP contribution in [0.4, 0.5) is 0 Å². The first-order chi connectivity index (χ1) is 7.92. The summed E-state index contributed by atoms with van der Waals surface area (Å²) in [4.78, 5) is 24.4. The lowest BCUT2D eigenvalue weighted by Crippen LogP contribution is -2.67. The van der Waals surface area contributed by atoms with Gasteiger partial charge in [0.05, 0.1) is 13.1 Å². The highest BCUT2D eigenvalue weighted by atomic mass is 16.3. The summed E-state index contributed by atoms with van der Waals surface area (Å²) >= 11 is 0. The number of nitrogens with zero attached hydrogens (tertiary/aromatic N) is 2. The fraction of sp³-hybridized carbons (Fsp3) is 0.727. The number of likely N-dealkylation sites (tertiary alicyclic amines) is 1. The van der Waals surface area contributed by atoms with E-state index in [1.165, 1.54) is 0 Å². The minimum absolute atomic E-state index is 0.125. The standard InChI is InChI=1S/C11H17N3O3/c1-7(2)11(17)5-14(6-11)10(16)8-3-4-9(15)13-12-8/h7,17H,3-6H2,1-2H3,(H,13,15). The molecule has 2 aliphatic rings. The second-order valence-electron chi connectivity index (χ2n) is 5.01. The third kappa shape index (κ3) is 2.17. The fourth-order valence-corrected chi connectivity index (χ4v) is 1.93. The lowest BCUT2D eigenvalue weighted by atomic mass is 9.82. The first-order valence-electron chi connectivity index (χ1n) is 5.79. The van der Waals surface area contributed by atoms with Crippen molar-refractivity contribution in [1.82, 2.24) is 10.3 Å². The molecule has 2 aliphatic heterocycles. The zero-order valence-electron chi connectivity index (χ0n) is 10.1. The van der Waals surface area contributed by atoms with Crippen LogP contribution in [0.25, 0.3) is 0 Å². The maximum Gasteiger partial charge on any atom is 0.270 e. The van der Waals surface area contributed by atoms with Gasteiger partial charge in [0.1, 0.15) is 11.3 Å². The lowest BCUT2D eigenvalue weighted by molar-refractivity contribution is -0.157. The van der Waals surface area contributed by atoms with E-state index in [1.807, 2.05) is 13.8 Å². The number of nitrogens with one attached hydrogen (secondary N) is 1. The van der Waals surface area contributed by atoms with Crippen LogP contribution in [0, 0.1) is 5.92 Å². The summed E-state index contributed by atoms with van der Waals surface area (Å²) in [5.41, 5.74) is 1.90. The predicted octanol–water partition coefficient (Wildman–Crippen LogP) is -0.518. The van der Waals surface area contributed by atoms with Crippen LogP contribution < -0.4 is 5.43 Å². The second kappa shape index (κ2) is 4.10. The lowest BCUT2D eigenvalue weighted by Gasteiger charge is -2.49. The van der Waals surface area contributed by atoms with E-state index in [1.54, 1.807) is 4.90 Å². The molecular weight excluding hydrogens is 222 g/mol. The van der Waals surface area contributed by atoms with E-state index in [0.29, 0.717) is 31.6 Å². The van der Waals surface area contributed by atoms with E-state index in [2.05, 4.69) is 10.5 Å². The van der Waals surface area contributed by atoms with Gasteiger partial charge in [-0.3, -0.25) is 9.59 Å². The van der Waals surface area contributed by atoms with Gasteiger partial charge < -0.3 is 10.0 Å². The highest BCUT2D eigenvalue weighted by Crippen LogP contribution is 2.28. The van der Waals surface area contributed by atoms with Crippen LogP contribution >= 0.6 is 0 Å². The van der Waals surface area contributed by atoms with Gasteiger partial charge in [0, 0.05) is 12.8 Å². The van der Waals surface area contributed by atoms with Gasteiger partial charge in [0.15, 0.2) is 0 Å². The van der Waals surface area contributed by atoms with Gasteiger partial charge in [-0.25, -0.2) is 5.43 Å². The van der Waals surface area contributed by atoms with E-state index < -0.39 is 5.60 Å². The number of amides is 2. The topological polar surface area (TPSA) is 82.0 Å². The van der Waals surface area contributed by atoms with E-state index in [0.717, 1.165) is 0 Å². The predicted molar refractivity (Wildman–Crippen MR) is 61.2 cm³/mol. The second-order valence-corrected chi connectivity index (χ2v) is 5.01. The molecule has 1 fully saturated rings. The Morgan fingerprint density at radius 1 is 1.47 bits per heavy atom. The third-order valence-electron chi connectivity index (χ3n) is 3.44. The summed E-state index contributed by atoms with van der Waals surface area (Å²) in [6.07, 6.45) is 0.675. The van der Waals surface area contributed by atoms with E-state index in [-0.39, 0.29) is 17.7 Å². The minimum atomic E-state index is -0.770. The largest absolute Gasteiger partial charge is 0.386 e. The molecule has 0 aliphatic carbocycles. The number of carbonyl (C=O) groups excluding carboxylic acids is 2. The van der Waals surface area contributed by atoms with Crippen LogP contribution in [0.5, 0.6) is 0 Å². The Morgan fingerprint density at radius 3 is 2.59 bits per heavy atom. The van der Waals surface area contributed by atoms with Crippen LogP contribution in [0.3, 0.4) is 0 Å². The molecule has 6 nitrogen and oxygen atoms in total. The van der Waals surface area contributed by atoms with Crippen molar-refractivity contribution >= 4 is 17.5 Å². The van der Waals surface area contributed by atoms with E-state index >= 15 is 0 Å². The molecule has 0 aromatic heterocycles. The van der Waals surface area contributed by atoms with E-state index in [4.69, 9.17) is 0 Å². The molecule has 1 saturated heterocycles. The van der Waals surface area contributed by atoms with Crippen molar-refractivity contribution in [3.63, 3.8) is 0 Å². The van der Waals surface area contributed by atoms with Crippen molar-refractivity contribution in [3.8, 4) is 0 Å². The van der Waals surface area contributed by atoms with Crippen molar-refractivity contribution in [3.05, 3.63) is 0 Å². The van der Waals surface area contributed by atoms with Crippen LogP contribution in [0.15, 0.2) is 5.10 Å². The van der Waals surface area contributed by atoms with Crippen LogP contribution in [-0.4, -0.2) is 46.2 Å². The van der Waals surface area contributed by atoms with E-state index in [9.17, 15) is 14.7 Å². The maximum absolute atomic E-state index is 11.9. The zero-order valence-corrected chi connectivity index (χ0v) is 10.1. The number of rotatable bonds is 2. The number of hydrogen-bond donors (Lipinski definition) is 2. The highest BCUT2D eigenvalue weighted by molar-refractivity contribution is 6.39. The molecule has 2 N–H and O–H groups in total. The molecular formula is C11H17N3O3. The Labute approximate surface area is 99.7 Å². The monoisotopic (exact) mass is 239 g/mol. The SMILES string of the molecule is CC(C)C1(O)CN(C(=O)C2=NNC(=O)CC2)C1. The van der Waals surface area contributed by atoms with Crippen molar-refractivity contribution in [2.75, 3.05) is 13.1 Å². The number of hydrazone groups is 1. The Morgan fingerprint density at radius 2 is 2.12 bits per heavy atom. The van der Waals surface area contributed by atoms with Crippen molar-refractivity contribution in [1.29, 1.82) is 0 Å². The Bertz CT molecular complexity index is 383. The fourth-order valence-electron chi connectivity index (χ4n) is 1.93. The number of β-amino-alcohol motifs (C(OH)–C–C–N with tert-alkyl or cyclic N) is 1. The van der Waals surface area contributed by atoms with Gasteiger partial charge >= 0.3 is 0 Å². The van der Waals surface area contributed by atoms with Gasteiger partial charge in [0.2, 0.25) is 5.91 Å². The van der Waals surface area contributed by atoms with Gasteiger partial charge in [-0.15, -0.1) is 0 Å². The number of aliphatic hydroxyl groups is 1. The molecule has 6 heteroatoms. The minimum Gasteiger partial charge on any atom is -0.386 e. The molecule has 0 unspecified atom stereocenters. The Hall–Kier alpha value is -1.43. The summed E-state index contributed by atoms with van der Waals surface area (Å²) in [5, 5.41) is 13.8. The van der Waals surface area contributed by atoms with Gasteiger partial charge in [0.25, 0.3) is 5.91 Å². The van der Waals surface area contributed by atoms with Crippen molar-refractivity contribution in [2.24, 2.45) is 11.0 Å². The number of carbonyl (C=O) groups is 2. The van der Waals surface area contributed by atoms with Crippen LogP contribution in [0.1, 0.15) is 26.7 Å². The summed E-state index contributed by atoms with van der Waals surface area (Å²) in [6.45, 7) is 4.55. The Balaban J connectivity index is 1.94. The summed E-state index contributed by atoms with van der Waals surface area (Å²) in [6, 6.07) is 0. The van der Waals surface area contributed by atoms with Gasteiger partial charge in [-0.05, 0) is 5.92 Å². The average molecular weight is 239 g/mol. The molecule has 0 radical (unpaired) electrons. The normalized spacial score (nSPS) is 22.9. The molecule has 94 valence electrons. The molecule has 2 rings (SSSR count). The molecule has 2 heterocycles. The summed E-state index contributed by atoms with van der Waals surface area (Å²) < 4.78 is 0. The maximum atomic E-state index is 11.9. The molecule has 0 saturated carbocycles. The highest BCUT2D eigenvalue weighted by Gasteiger charge is 2.46. The van der Waals surface area contributed by atoms with Gasteiger partial charge in [-0.1, -0.05) is 13.8 Å². The first-order valence-corrected chi connectivity index (χ1v) is 5.79. The van der Waals surface area contributed by atoms with Crippen LogP contribution in [-0.2, 0) is 9.59 Å². The van der Waals surface area contributed by atoms with Crippen molar-refractivity contribution < 1.29 is 14.7 Å². The molecule has 0 atom stereocenters. The van der Waals surface area contributed by atoms with Crippen molar-refractivity contribution in [2.45, 2.75) is 32.3 Å². The quantitative estimate of drug-likeness (QED) is 0.680. The molecule has 0 aromatic carbocycles. The molecule has 0 bridgehead atoms. The summed E-state index contributed by atoms with van der Waals surface area (Å²) in [7, 11) is 0. The molecule has 0 aromatic rings. The average Bonchev–Trinajstić information content (AvgIpc) is 2.24. The molecule has 0 spiro atoms. The smallest absolute Gasteiger partial charge is 0.270 e. The molecule has 17 heavy (non-hydrogen) atoms.